The molecule has 0 saturated carbocycles. The summed E-state index contributed by atoms with van der Waals surface area (Å²) in [6.45, 7) is 7.82. The zero-order valence-corrected chi connectivity index (χ0v) is 11.9. The molecule has 0 N–H and O–H groups in total. The fraction of sp³-hybridized carbons (Fsp3) is 1.00. The third-order valence-corrected chi connectivity index (χ3v) is 6.16. The Labute approximate surface area is 110 Å². The van der Waals surface area contributed by atoms with Gasteiger partial charge in [0.15, 0.2) is 0 Å². The molecule has 0 aromatic heterocycles. The van der Waals surface area contributed by atoms with E-state index in [4.69, 9.17) is 0 Å². The Morgan fingerprint density at radius 3 is 2.88 bits per heavy atom. The van der Waals surface area contributed by atoms with Crippen molar-refractivity contribution in [1.29, 1.82) is 0 Å². The normalized spacial score (nSPS) is 40.4. The molecular formula is C14H26N2S. The Kier molecular flexibility index (Phi) is 3.98. The van der Waals surface area contributed by atoms with Gasteiger partial charge in [0, 0.05) is 37.0 Å². The first kappa shape index (κ1) is 12.3. The van der Waals surface area contributed by atoms with E-state index >= 15 is 0 Å². The number of hydrogen-bond acceptors (Lipinski definition) is 3. The fourth-order valence-electron chi connectivity index (χ4n) is 3.72. The molecule has 0 spiro atoms. The van der Waals surface area contributed by atoms with E-state index in [0.717, 1.165) is 17.3 Å². The van der Waals surface area contributed by atoms with E-state index in [1.54, 1.807) is 0 Å². The van der Waals surface area contributed by atoms with Crippen LogP contribution in [0, 0.1) is 0 Å². The van der Waals surface area contributed by atoms with Gasteiger partial charge in [-0.3, -0.25) is 9.80 Å². The van der Waals surface area contributed by atoms with Crippen molar-refractivity contribution >= 4 is 11.8 Å². The summed E-state index contributed by atoms with van der Waals surface area (Å²) in [5.74, 6) is 1.41. The predicted octanol–water partition coefficient (Wildman–Crippen LogP) is 2.44. The fourth-order valence-corrected chi connectivity index (χ4v) is 5.01. The van der Waals surface area contributed by atoms with Gasteiger partial charge in [-0.1, -0.05) is 6.42 Å². The molecule has 0 bridgehead atoms. The molecule has 3 aliphatic heterocycles. The first-order chi connectivity index (χ1) is 8.33. The van der Waals surface area contributed by atoms with E-state index in [-0.39, 0.29) is 0 Å². The van der Waals surface area contributed by atoms with Crippen LogP contribution in [0.2, 0.25) is 0 Å². The minimum Gasteiger partial charge on any atom is -0.298 e. The van der Waals surface area contributed by atoms with Gasteiger partial charge < -0.3 is 0 Å². The highest BCUT2D eigenvalue weighted by Gasteiger charge is 2.34. The molecule has 3 atom stereocenters. The maximum Gasteiger partial charge on any atom is 0.0223 e. The highest BCUT2D eigenvalue weighted by atomic mass is 32.2. The van der Waals surface area contributed by atoms with Crippen molar-refractivity contribution in [2.45, 2.75) is 56.4 Å². The Morgan fingerprint density at radius 2 is 2.06 bits per heavy atom. The van der Waals surface area contributed by atoms with Crippen LogP contribution in [0.5, 0.6) is 0 Å². The highest BCUT2D eigenvalue weighted by molar-refractivity contribution is 8.00. The smallest absolute Gasteiger partial charge is 0.0223 e. The van der Waals surface area contributed by atoms with E-state index in [0.29, 0.717) is 0 Å². The Morgan fingerprint density at radius 1 is 1.12 bits per heavy atom. The standard InChI is InChI=1S/C14H26N2S/c1-12-9-15-7-3-2-5-13(15)10-16(12)11-14-6-4-8-17-14/h12-14H,2-11H2,1H3. The van der Waals surface area contributed by atoms with Crippen LogP contribution in [0.15, 0.2) is 0 Å². The van der Waals surface area contributed by atoms with Crippen molar-refractivity contribution in [3.8, 4) is 0 Å². The van der Waals surface area contributed by atoms with Crippen LogP contribution >= 0.6 is 11.8 Å². The van der Waals surface area contributed by atoms with Gasteiger partial charge in [0.25, 0.3) is 0 Å². The lowest BCUT2D eigenvalue weighted by Gasteiger charge is -2.48. The molecule has 17 heavy (non-hydrogen) atoms. The van der Waals surface area contributed by atoms with E-state index in [9.17, 15) is 0 Å². The molecule has 3 unspecified atom stereocenters. The number of thioether (sulfide) groups is 1. The van der Waals surface area contributed by atoms with Crippen molar-refractivity contribution < 1.29 is 0 Å². The van der Waals surface area contributed by atoms with Crippen molar-refractivity contribution in [3.63, 3.8) is 0 Å². The van der Waals surface area contributed by atoms with Crippen molar-refractivity contribution in [3.05, 3.63) is 0 Å². The van der Waals surface area contributed by atoms with Crippen LogP contribution < -0.4 is 0 Å². The van der Waals surface area contributed by atoms with E-state index < -0.39 is 0 Å². The van der Waals surface area contributed by atoms with Crippen LogP contribution in [0.3, 0.4) is 0 Å². The van der Waals surface area contributed by atoms with Crippen LogP contribution in [0.1, 0.15) is 39.0 Å². The minimum atomic E-state index is 0.783. The van der Waals surface area contributed by atoms with E-state index in [2.05, 4.69) is 28.5 Å². The van der Waals surface area contributed by atoms with E-state index in [1.165, 1.54) is 64.0 Å². The lowest BCUT2D eigenvalue weighted by Crippen LogP contribution is -2.59. The monoisotopic (exact) mass is 254 g/mol. The van der Waals surface area contributed by atoms with Gasteiger partial charge in [0.05, 0.1) is 0 Å². The lowest BCUT2D eigenvalue weighted by atomic mass is 9.97. The summed E-state index contributed by atoms with van der Waals surface area (Å²) in [6.07, 6.45) is 7.25. The molecule has 0 radical (unpaired) electrons. The molecule has 0 aromatic carbocycles. The second-order valence-corrected chi connectivity index (χ2v) is 7.49. The summed E-state index contributed by atoms with van der Waals surface area (Å²) in [6, 6.07) is 1.66. The molecule has 2 nitrogen and oxygen atoms in total. The summed E-state index contributed by atoms with van der Waals surface area (Å²) in [4.78, 5) is 5.54. The second kappa shape index (κ2) is 5.50. The number of piperidine rings is 1. The molecule has 0 aromatic rings. The maximum absolute atomic E-state index is 2.79. The largest absolute Gasteiger partial charge is 0.298 e. The quantitative estimate of drug-likeness (QED) is 0.747. The second-order valence-electron chi connectivity index (χ2n) is 6.08. The molecular weight excluding hydrogens is 228 g/mol. The molecule has 3 heteroatoms. The summed E-state index contributed by atoms with van der Waals surface area (Å²) < 4.78 is 0. The van der Waals surface area contributed by atoms with Gasteiger partial charge in [0.1, 0.15) is 0 Å². The highest BCUT2D eigenvalue weighted by Crippen LogP contribution is 2.30. The third kappa shape index (κ3) is 2.82. The topological polar surface area (TPSA) is 6.48 Å². The minimum absolute atomic E-state index is 0.783. The van der Waals surface area contributed by atoms with Crippen molar-refractivity contribution in [1.82, 2.24) is 9.80 Å². The summed E-state index contributed by atoms with van der Waals surface area (Å²) >= 11 is 2.21. The zero-order chi connectivity index (χ0) is 11.7. The zero-order valence-electron chi connectivity index (χ0n) is 11.1. The van der Waals surface area contributed by atoms with Gasteiger partial charge >= 0.3 is 0 Å². The first-order valence-corrected chi connectivity index (χ1v) is 8.47. The molecule has 3 aliphatic rings. The number of fused-ring (bicyclic) bond motifs is 1. The molecule has 3 heterocycles. The van der Waals surface area contributed by atoms with Gasteiger partial charge in [-0.05, 0) is 44.9 Å². The Bertz CT molecular complexity index is 253. The SMILES string of the molecule is CC1CN2CCCCC2CN1CC1CCCS1. The number of rotatable bonds is 2. The Hall–Kier alpha value is 0.270. The van der Waals surface area contributed by atoms with Crippen LogP contribution in [-0.4, -0.2) is 59.1 Å². The summed E-state index contributed by atoms with van der Waals surface area (Å²) in [5, 5.41) is 0.938. The maximum atomic E-state index is 2.79. The van der Waals surface area contributed by atoms with Gasteiger partial charge in [-0.2, -0.15) is 11.8 Å². The average molecular weight is 254 g/mol. The van der Waals surface area contributed by atoms with Gasteiger partial charge in [-0.15, -0.1) is 0 Å². The van der Waals surface area contributed by atoms with Crippen molar-refractivity contribution in [2.24, 2.45) is 0 Å². The summed E-state index contributed by atoms with van der Waals surface area (Å²) in [5.41, 5.74) is 0. The number of piperazine rings is 1. The van der Waals surface area contributed by atoms with Gasteiger partial charge in [-0.25, -0.2) is 0 Å². The number of hydrogen-bond donors (Lipinski definition) is 0. The molecule has 0 amide bonds. The summed E-state index contributed by atoms with van der Waals surface area (Å²) in [7, 11) is 0. The van der Waals surface area contributed by atoms with E-state index in [1.807, 2.05) is 0 Å². The predicted molar refractivity (Wildman–Crippen MR) is 75.7 cm³/mol. The number of nitrogens with zero attached hydrogens (tertiary/aromatic N) is 2. The Balaban J connectivity index is 1.57. The lowest BCUT2D eigenvalue weighted by molar-refractivity contribution is 0.0157. The molecule has 0 aliphatic carbocycles. The average Bonchev–Trinajstić information content (AvgIpc) is 2.83. The van der Waals surface area contributed by atoms with Crippen LogP contribution in [0.4, 0.5) is 0 Å². The van der Waals surface area contributed by atoms with Crippen LogP contribution in [-0.2, 0) is 0 Å². The molecule has 3 saturated heterocycles. The molecule has 3 fully saturated rings. The van der Waals surface area contributed by atoms with Crippen LogP contribution in [0.25, 0.3) is 0 Å². The third-order valence-electron chi connectivity index (χ3n) is 4.78. The molecule has 3 rings (SSSR count). The molecule has 98 valence electrons. The first-order valence-electron chi connectivity index (χ1n) is 7.42. The van der Waals surface area contributed by atoms with Gasteiger partial charge in [0.2, 0.25) is 0 Å². The van der Waals surface area contributed by atoms with Crippen molar-refractivity contribution in [2.75, 3.05) is 31.9 Å².